The Balaban J connectivity index is 1.84. The zero-order valence-corrected chi connectivity index (χ0v) is 11.6. The zero-order valence-electron chi connectivity index (χ0n) is 10.7. The van der Waals surface area contributed by atoms with Gasteiger partial charge in [0.2, 0.25) is 5.91 Å². The van der Waals surface area contributed by atoms with Crippen LogP contribution in [0.1, 0.15) is 11.3 Å². The Morgan fingerprint density at radius 3 is 2.79 bits per heavy atom. The Kier molecular flexibility index (Phi) is 4.93. The normalized spacial score (nSPS) is 17.2. The molecule has 1 aromatic heterocycles. The molecule has 1 fully saturated rings. The maximum Gasteiger partial charge on any atom is 0.317 e. The fourth-order valence-corrected chi connectivity index (χ4v) is 2.94. The van der Waals surface area contributed by atoms with Gasteiger partial charge >= 0.3 is 5.97 Å². The van der Waals surface area contributed by atoms with Crippen molar-refractivity contribution in [2.75, 3.05) is 32.7 Å². The predicted molar refractivity (Wildman–Crippen MR) is 73.3 cm³/mol. The van der Waals surface area contributed by atoms with E-state index in [0.717, 1.165) is 24.4 Å². The number of carboxylic acid groups (broad SMARTS) is 1. The molecular weight excluding hydrogens is 264 g/mol. The van der Waals surface area contributed by atoms with Gasteiger partial charge in [-0.25, -0.2) is 0 Å². The van der Waals surface area contributed by atoms with E-state index in [1.54, 1.807) is 11.3 Å². The lowest BCUT2D eigenvalue weighted by Gasteiger charge is -2.20. The molecule has 19 heavy (non-hydrogen) atoms. The average molecular weight is 282 g/mol. The van der Waals surface area contributed by atoms with Crippen molar-refractivity contribution in [3.05, 3.63) is 22.4 Å². The molecule has 1 saturated heterocycles. The Bertz CT molecular complexity index is 433. The van der Waals surface area contributed by atoms with E-state index in [2.05, 4.69) is 0 Å². The quantitative estimate of drug-likeness (QED) is 0.891. The summed E-state index contributed by atoms with van der Waals surface area (Å²) in [6.45, 7) is 2.79. The van der Waals surface area contributed by atoms with Gasteiger partial charge in [-0.15, -0.1) is 11.3 Å². The van der Waals surface area contributed by atoms with Gasteiger partial charge < -0.3 is 10.0 Å². The molecule has 0 spiro atoms. The first-order valence-electron chi connectivity index (χ1n) is 6.39. The maximum atomic E-state index is 12.1. The first kappa shape index (κ1) is 14.0. The van der Waals surface area contributed by atoms with Crippen molar-refractivity contribution in [2.24, 2.45) is 0 Å². The van der Waals surface area contributed by atoms with Crippen LogP contribution in [-0.2, 0) is 16.0 Å². The van der Waals surface area contributed by atoms with Crippen molar-refractivity contribution < 1.29 is 14.7 Å². The maximum absolute atomic E-state index is 12.1. The zero-order chi connectivity index (χ0) is 13.7. The number of carbonyl (C=O) groups is 2. The summed E-state index contributed by atoms with van der Waals surface area (Å²) in [7, 11) is 0. The molecule has 0 aliphatic carbocycles. The van der Waals surface area contributed by atoms with Crippen molar-refractivity contribution in [3.63, 3.8) is 0 Å². The summed E-state index contributed by atoms with van der Waals surface area (Å²) in [5.41, 5.74) is 0. The van der Waals surface area contributed by atoms with Crippen molar-refractivity contribution in [3.8, 4) is 0 Å². The van der Waals surface area contributed by atoms with Crippen molar-refractivity contribution in [1.29, 1.82) is 0 Å². The van der Waals surface area contributed by atoms with Gasteiger partial charge in [-0.3, -0.25) is 14.5 Å². The minimum absolute atomic E-state index is 0.0625. The standard InChI is InChI=1S/C13H18N2O3S/c16-12(9-11-3-1-8-19-11)15-5-2-4-14(6-7-15)10-13(17)18/h1,3,8H,2,4-7,9-10H2,(H,17,18). The molecule has 0 bridgehead atoms. The lowest BCUT2D eigenvalue weighted by molar-refractivity contribution is -0.138. The summed E-state index contributed by atoms with van der Waals surface area (Å²) in [4.78, 5) is 27.6. The Labute approximate surface area is 116 Å². The van der Waals surface area contributed by atoms with Gasteiger partial charge in [-0.2, -0.15) is 0 Å². The van der Waals surface area contributed by atoms with Crippen LogP contribution < -0.4 is 0 Å². The van der Waals surface area contributed by atoms with Crippen LogP contribution in [0.2, 0.25) is 0 Å². The molecule has 1 aliphatic rings. The number of rotatable bonds is 4. The first-order chi connectivity index (χ1) is 9.15. The smallest absolute Gasteiger partial charge is 0.317 e. The minimum atomic E-state index is -0.807. The van der Waals surface area contributed by atoms with Crippen LogP contribution in [0.5, 0.6) is 0 Å². The second-order valence-electron chi connectivity index (χ2n) is 4.66. The third-order valence-electron chi connectivity index (χ3n) is 3.21. The molecular formula is C13H18N2O3S. The summed E-state index contributed by atoms with van der Waals surface area (Å²) in [5, 5.41) is 10.8. The monoisotopic (exact) mass is 282 g/mol. The SMILES string of the molecule is O=C(O)CN1CCCN(C(=O)Cc2cccs2)CC1. The number of carbonyl (C=O) groups excluding carboxylic acids is 1. The highest BCUT2D eigenvalue weighted by molar-refractivity contribution is 7.10. The summed E-state index contributed by atoms with van der Waals surface area (Å²) in [5.74, 6) is -0.669. The number of hydrogen-bond donors (Lipinski definition) is 1. The Morgan fingerprint density at radius 1 is 1.26 bits per heavy atom. The van der Waals surface area contributed by atoms with Gasteiger partial charge in [0, 0.05) is 31.1 Å². The van der Waals surface area contributed by atoms with E-state index in [0.29, 0.717) is 19.5 Å². The number of nitrogens with zero attached hydrogens (tertiary/aromatic N) is 2. The number of hydrogen-bond acceptors (Lipinski definition) is 4. The van der Waals surface area contributed by atoms with Gasteiger partial charge in [-0.1, -0.05) is 6.07 Å². The fourth-order valence-electron chi connectivity index (χ4n) is 2.24. The highest BCUT2D eigenvalue weighted by Gasteiger charge is 2.20. The molecule has 1 N–H and O–H groups in total. The van der Waals surface area contributed by atoms with Crippen LogP contribution in [0, 0.1) is 0 Å². The largest absolute Gasteiger partial charge is 0.480 e. The molecule has 1 aromatic rings. The molecule has 2 heterocycles. The molecule has 1 amide bonds. The molecule has 5 nitrogen and oxygen atoms in total. The molecule has 0 radical (unpaired) electrons. The average Bonchev–Trinajstić information content (AvgIpc) is 2.74. The van der Waals surface area contributed by atoms with E-state index in [9.17, 15) is 9.59 Å². The summed E-state index contributed by atoms with van der Waals surface area (Å²) < 4.78 is 0. The second kappa shape index (κ2) is 6.68. The van der Waals surface area contributed by atoms with Gasteiger partial charge in [0.05, 0.1) is 13.0 Å². The van der Waals surface area contributed by atoms with Gasteiger partial charge in [-0.05, 0) is 17.9 Å². The van der Waals surface area contributed by atoms with Crippen LogP contribution in [0.25, 0.3) is 0 Å². The first-order valence-corrected chi connectivity index (χ1v) is 7.27. The van der Waals surface area contributed by atoms with E-state index < -0.39 is 5.97 Å². The molecule has 1 aliphatic heterocycles. The molecule has 104 valence electrons. The molecule has 0 atom stereocenters. The Hall–Kier alpha value is -1.40. The van der Waals surface area contributed by atoms with E-state index in [-0.39, 0.29) is 12.5 Å². The second-order valence-corrected chi connectivity index (χ2v) is 5.69. The molecule has 0 aromatic carbocycles. The Morgan fingerprint density at radius 2 is 2.11 bits per heavy atom. The van der Waals surface area contributed by atoms with Gasteiger partial charge in [0.25, 0.3) is 0 Å². The van der Waals surface area contributed by atoms with Crippen LogP contribution >= 0.6 is 11.3 Å². The molecule has 2 rings (SSSR count). The summed E-state index contributed by atoms with van der Waals surface area (Å²) in [6.07, 6.45) is 1.29. The number of amides is 1. The third-order valence-corrected chi connectivity index (χ3v) is 4.08. The number of aliphatic carboxylic acids is 1. The lowest BCUT2D eigenvalue weighted by Crippen LogP contribution is -2.37. The third kappa shape index (κ3) is 4.33. The summed E-state index contributed by atoms with van der Waals surface area (Å²) in [6, 6.07) is 3.92. The van der Waals surface area contributed by atoms with Crippen LogP contribution in [0.15, 0.2) is 17.5 Å². The highest BCUT2D eigenvalue weighted by Crippen LogP contribution is 2.12. The number of carboxylic acids is 1. The van der Waals surface area contributed by atoms with E-state index in [4.69, 9.17) is 5.11 Å². The molecule has 0 unspecified atom stereocenters. The van der Waals surface area contributed by atoms with Crippen molar-refractivity contribution >= 4 is 23.2 Å². The van der Waals surface area contributed by atoms with E-state index >= 15 is 0 Å². The van der Waals surface area contributed by atoms with Crippen LogP contribution in [0.4, 0.5) is 0 Å². The van der Waals surface area contributed by atoms with Crippen LogP contribution in [-0.4, -0.2) is 59.5 Å². The number of thiophene rings is 1. The molecule has 0 saturated carbocycles. The van der Waals surface area contributed by atoms with Crippen molar-refractivity contribution in [1.82, 2.24) is 9.80 Å². The topological polar surface area (TPSA) is 60.9 Å². The lowest BCUT2D eigenvalue weighted by atomic mass is 10.3. The fraction of sp³-hybridized carbons (Fsp3) is 0.538. The van der Waals surface area contributed by atoms with E-state index in [1.165, 1.54) is 0 Å². The minimum Gasteiger partial charge on any atom is -0.480 e. The van der Waals surface area contributed by atoms with E-state index in [1.807, 2.05) is 27.3 Å². The van der Waals surface area contributed by atoms with Gasteiger partial charge in [0.15, 0.2) is 0 Å². The molecule has 6 heteroatoms. The van der Waals surface area contributed by atoms with Gasteiger partial charge in [0.1, 0.15) is 0 Å². The highest BCUT2D eigenvalue weighted by atomic mass is 32.1. The summed E-state index contributed by atoms with van der Waals surface area (Å²) >= 11 is 1.59. The van der Waals surface area contributed by atoms with Crippen molar-refractivity contribution in [2.45, 2.75) is 12.8 Å². The van der Waals surface area contributed by atoms with Crippen LogP contribution in [0.3, 0.4) is 0 Å². The predicted octanol–water partition coefficient (Wildman–Crippen LogP) is 0.909.